The molecule has 0 spiro atoms. The molecular weight excluding hydrogens is 350 g/mol. The van der Waals surface area contributed by atoms with E-state index in [1.54, 1.807) is 23.1 Å². The molecule has 0 aliphatic carbocycles. The van der Waals surface area contributed by atoms with E-state index in [0.29, 0.717) is 28.3 Å². The molecule has 1 fully saturated rings. The van der Waals surface area contributed by atoms with Gasteiger partial charge < -0.3 is 9.32 Å². The molecule has 1 aliphatic rings. The number of hydrogen-bond donors (Lipinski definition) is 1. The zero-order chi connectivity index (χ0) is 17.1. The van der Waals surface area contributed by atoms with Crippen LogP contribution in [0, 0.1) is 0 Å². The predicted octanol–water partition coefficient (Wildman–Crippen LogP) is 1.64. The molecule has 1 saturated heterocycles. The Morgan fingerprint density at radius 1 is 1.50 bits per heavy atom. The zero-order valence-electron chi connectivity index (χ0n) is 13.5. The van der Waals surface area contributed by atoms with Crippen LogP contribution in [0.5, 0.6) is 0 Å². The number of carbonyl (C=O) groups is 1. The molecule has 1 aliphatic heterocycles. The fraction of sp³-hybridized carbons (Fsp3) is 0.500. The topological polar surface area (TPSA) is 91.6 Å². The molecule has 130 valence electrons. The number of amides is 2. The van der Waals surface area contributed by atoms with Crippen LogP contribution in [-0.4, -0.2) is 50.8 Å². The highest BCUT2D eigenvalue weighted by atomic mass is 32.2. The monoisotopic (exact) mass is 369 g/mol. The quantitative estimate of drug-likeness (QED) is 0.746. The van der Waals surface area contributed by atoms with Crippen LogP contribution in [0.2, 0.25) is 0 Å². The summed E-state index contributed by atoms with van der Waals surface area (Å²) in [6, 6.07) is 3.53. The lowest BCUT2D eigenvalue weighted by Crippen LogP contribution is -2.44. The SMILES string of the molecule is CCCS(=O)c1nnc(N2C(=O)N(C)CC2NCc2ccco2)s1. The Kier molecular flexibility index (Phi) is 5.27. The fourth-order valence-corrected chi connectivity index (χ4v) is 4.55. The summed E-state index contributed by atoms with van der Waals surface area (Å²) in [6.07, 6.45) is 2.18. The highest BCUT2D eigenvalue weighted by Gasteiger charge is 2.38. The Morgan fingerprint density at radius 2 is 2.33 bits per heavy atom. The molecule has 2 amide bonds. The van der Waals surface area contributed by atoms with E-state index in [0.717, 1.165) is 12.2 Å². The van der Waals surface area contributed by atoms with Crippen molar-refractivity contribution in [2.75, 3.05) is 24.2 Å². The molecule has 0 bridgehead atoms. The van der Waals surface area contributed by atoms with Crippen LogP contribution >= 0.6 is 11.3 Å². The van der Waals surface area contributed by atoms with Gasteiger partial charge in [-0.25, -0.2) is 4.79 Å². The predicted molar refractivity (Wildman–Crippen MR) is 91.3 cm³/mol. The van der Waals surface area contributed by atoms with E-state index in [1.807, 2.05) is 19.1 Å². The second-order valence-electron chi connectivity index (χ2n) is 5.41. The molecule has 0 saturated carbocycles. The average molecular weight is 369 g/mol. The Balaban J connectivity index is 1.75. The Labute approximate surface area is 146 Å². The molecule has 24 heavy (non-hydrogen) atoms. The number of aromatic nitrogens is 2. The van der Waals surface area contributed by atoms with Gasteiger partial charge in [0.25, 0.3) is 0 Å². The van der Waals surface area contributed by atoms with Gasteiger partial charge in [-0.2, -0.15) is 0 Å². The first-order valence-electron chi connectivity index (χ1n) is 7.62. The number of anilines is 1. The minimum Gasteiger partial charge on any atom is -0.468 e. The number of nitrogens with one attached hydrogen (secondary N) is 1. The summed E-state index contributed by atoms with van der Waals surface area (Å²) in [7, 11) is 0.573. The molecule has 2 unspecified atom stereocenters. The van der Waals surface area contributed by atoms with Gasteiger partial charge in [0.15, 0.2) is 0 Å². The minimum absolute atomic E-state index is 0.157. The molecule has 1 N–H and O–H groups in total. The number of nitrogens with zero attached hydrogens (tertiary/aromatic N) is 4. The second kappa shape index (κ2) is 7.41. The Bertz CT molecular complexity index is 718. The minimum atomic E-state index is -1.16. The van der Waals surface area contributed by atoms with Crippen molar-refractivity contribution in [1.29, 1.82) is 0 Å². The van der Waals surface area contributed by atoms with Gasteiger partial charge in [-0.1, -0.05) is 18.3 Å². The van der Waals surface area contributed by atoms with Crippen molar-refractivity contribution in [3.05, 3.63) is 24.2 Å². The normalized spacial score (nSPS) is 19.2. The number of urea groups is 1. The van der Waals surface area contributed by atoms with E-state index >= 15 is 0 Å². The maximum atomic E-state index is 12.4. The highest BCUT2D eigenvalue weighted by molar-refractivity contribution is 7.87. The molecule has 2 atom stereocenters. The van der Waals surface area contributed by atoms with Gasteiger partial charge in [-0.15, -0.1) is 10.2 Å². The third kappa shape index (κ3) is 3.50. The van der Waals surface area contributed by atoms with Gasteiger partial charge in [0.1, 0.15) is 11.9 Å². The van der Waals surface area contributed by atoms with Gasteiger partial charge in [0.2, 0.25) is 9.47 Å². The van der Waals surface area contributed by atoms with Gasteiger partial charge in [-0.05, 0) is 18.6 Å². The maximum Gasteiger partial charge on any atom is 0.327 e. The third-order valence-corrected chi connectivity index (χ3v) is 6.34. The summed E-state index contributed by atoms with van der Waals surface area (Å²) in [6.45, 7) is 2.99. The summed E-state index contributed by atoms with van der Waals surface area (Å²) in [5.74, 6) is 1.33. The number of furan rings is 1. The summed E-state index contributed by atoms with van der Waals surface area (Å²) in [4.78, 5) is 15.6. The van der Waals surface area contributed by atoms with E-state index in [9.17, 15) is 9.00 Å². The van der Waals surface area contributed by atoms with Crippen LogP contribution in [0.1, 0.15) is 19.1 Å². The molecule has 10 heteroatoms. The summed E-state index contributed by atoms with van der Waals surface area (Å²) < 4.78 is 17.8. The smallest absolute Gasteiger partial charge is 0.327 e. The molecule has 0 radical (unpaired) electrons. The van der Waals surface area contributed by atoms with Crippen LogP contribution in [0.15, 0.2) is 27.2 Å². The number of likely N-dealkylation sites (N-methyl/N-ethyl adjacent to an activating group) is 1. The van der Waals surface area contributed by atoms with E-state index in [2.05, 4.69) is 15.5 Å². The lowest BCUT2D eigenvalue weighted by molar-refractivity contribution is 0.229. The van der Waals surface area contributed by atoms with E-state index in [4.69, 9.17) is 4.42 Å². The standard InChI is InChI=1S/C14H19N5O3S2/c1-3-7-24(21)13-17-16-12(23-13)19-11(9-18(2)14(19)20)15-8-10-5-4-6-22-10/h4-6,11,15H,3,7-9H2,1-2H3. The molecule has 2 aromatic rings. The summed E-state index contributed by atoms with van der Waals surface area (Å²) in [5.41, 5.74) is 0. The van der Waals surface area contributed by atoms with Crippen LogP contribution in [-0.2, 0) is 17.3 Å². The van der Waals surface area contributed by atoms with Gasteiger partial charge in [-0.3, -0.25) is 14.4 Å². The van der Waals surface area contributed by atoms with Gasteiger partial charge in [0.05, 0.1) is 30.2 Å². The van der Waals surface area contributed by atoms with Gasteiger partial charge in [0, 0.05) is 12.8 Å². The van der Waals surface area contributed by atoms with Crippen molar-refractivity contribution in [2.24, 2.45) is 0 Å². The molecule has 3 rings (SSSR count). The summed E-state index contributed by atoms with van der Waals surface area (Å²) >= 11 is 1.20. The van der Waals surface area contributed by atoms with Crippen molar-refractivity contribution < 1.29 is 13.4 Å². The van der Waals surface area contributed by atoms with Crippen molar-refractivity contribution in [1.82, 2.24) is 20.4 Å². The Hall–Kier alpha value is -1.78. The third-order valence-electron chi connectivity index (χ3n) is 3.57. The first kappa shape index (κ1) is 17.1. The largest absolute Gasteiger partial charge is 0.468 e. The first-order chi connectivity index (χ1) is 11.6. The molecule has 8 nitrogen and oxygen atoms in total. The molecule has 2 aromatic heterocycles. The van der Waals surface area contributed by atoms with Crippen molar-refractivity contribution in [3.63, 3.8) is 0 Å². The lowest BCUT2D eigenvalue weighted by atomic mass is 10.4. The lowest BCUT2D eigenvalue weighted by Gasteiger charge is -2.20. The number of hydrogen-bond acceptors (Lipinski definition) is 7. The Morgan fingerprint density at radius 3 is 3.04 bits per heavy atom. The van der Waals surface area contributed by atoms with E-state index < -0.39 is 10.8 Å². The van der Waals surface area contributed by atoms with Gasteiger partial charge >= 0.3 is 6.03 Å². The first-order valence-corrected chi connectivity index (χ1v) is 9.75. The number of rotatable bonds is 7. The van der Waals surface area contributed by atoms with Crippen LogP contribution in [0.3, 0.4) is 0 Å². The average Bonchev–Trinajstić information content (AvgIpc) is 3.28. The van der Waals surface area contributed by atoms with Crippen molar-refractivity contribution >= 4 is 33.3 Å². The highest BCUT2D eigenvalue weighted by Crippen LogP contribution is 2.28. The summed E-state index contributed by atoms with van der Waals surface area (Å²) in [5, 5.41) is 11.8. The zero-order valence-corrected chi connectivity index (χ0v) is 15.1. The van der Waals surface area contributed by atoms with E-state index in [1.165, 1.54) is 11.3 Å². The molecule has 3 heterocycles. The van der Waals surface area contributed by atoms with Crippen LogP contribution < -0.4 is 10.2 Å². The molecule has 0 aromatic carbocycles. The molecular formula is C14H19N5O3S2. The van der Waals surface area contributed by atoms with Crippen LogP contribution in [0.4, 0.5) is 9.93 Å². The van der Waals surface area contributed by atoms with Crippen LogP contribution in [0.25, 0.3) is 0 Å². The van der Waals surface area contributed by atoms with E-state index in [-0.39, 0.29) is 12.2 Å². The van der Waals surface area contributed by atoms with Crippen molar-refractivity contribution in [3.8, 4) is 0 Å². The second-order valence-corrected chi connectivity index (χ2v) is 8.11. The van der Waals surface area contributed by atoms with Crippen molar-refractivity contribution in [2.45, 2.75) is 30.4 Å². The number of carbonyl (C=O) groups excluding carboxylic acids is 1. The fourth-order valence-electron chi connectivity index (χ4n) is 2.40. The maximum absolute atomic E-state index is 12.4.